The minimum atomic E-state index is -1.18. The lowest BCUT2D eigenvalue weighted by atomic mass is 9.98. The van der Waals surface area contributed by atoms with E-state index in [1.807, 2.05) is 0 Å². The van der Waals surface area contributed by atoms with Crippen molar-refractivity contribution in [3.8, 4) is 0 Å². The fourth-order valence-electron chi connectivity index (χ4n) is 3.59. The first-order chi connectivity index (χ1) is 14.6. The standard InChI is InChI=1S/C20H28O10S/c1-10(21)26-9-16-17(27-11(2)22)18(28-12(3)23)19(29-13(4)24)20(30-16)31-15-7-5-6-14(25)8-15/h15-20H,5-9H2,1-4H3/t15?,16-,17-,18+,19-,20+/m1/s1. The fraction of sp³-hybridized carbons (Fsp3) is 0.750. The Kier molecular flexibility index (Phi) is 9.30. The Morgan fingerprint density at radius 3 is 2.03 bits per heavy atom. The third kappa shape index (κ3) is 7.80. The van der Waals surface area contributed by atoms with E-state index in [9.17, 15) is 24.0 Å². The molecule has 0 spiro atoms. The van der Waals surface area contributed by atoms with Crippen LogP contribution in [0.25, 0.3) is 0 Å². The van der Waals surface area contributed by atoms with Crippen molar-refractivity contribution in [2.24, 2.45) is 0 Å². The molecule has 174 valence electrons. The first-order valence-electron chi connectivity index (χ1n) is 10.0. The molecule has 0 radical (unpaired) electrons. The molecule has 2 fully saturated rings. The molecule has 1 heterocycles. The monoisotopic (exact) mass is 460 g/mol. The van der Waals surface area contributed by atoms with Crippen molar-refractivity contribution in [3.63, 3.8) is 0 Å². The average Bonchev–Trinajstić information content (AvgIpc) is 2.64. The molecular weight excluding hydrogens is 432 g/mol. The van der Waals surface area contributed by atoms with Crippen molar-refractivity contribution >= 4 is 41.4 Å². The summed E-state index contributed by atoms with van der Waals surface area (Å²) in [7, 11) is 0. The number of ketones is 1. The number of carbonyl (C=O) groups excluding carboxylic acids is 5. The van der Waals surface area contributed by atoms with E-state index in [4.69, 9.17) is 23.7 Å². The SMILES string of the molecule is CC(=O)OC[C@H]1O[C@@H](SC2CCCC(=O)C2)[C@H](OC(C)=O)[C@@H](OC(C)=O)[C@@H]1OC(C)=O. The minimum absolute atomic E-state index is 0.0815. The second-order valence-electron chi connectivity index (χ2n) is 7.46. The average molecular weight is 461 g/mol. The van der Waals surface area contributed by atoms with E-state index >= 15 is 0 Å². The molecule has 0 bridgehead atoms. The lowest BCUT2D eigenvalue weighted by molar-refractivity contribution is -0.237. The van der Waals surface area contributed by atoms with Crippen molar-refractivity contribution in [3.05, 3.63) is 0 Å². The quantitative estimate of drug-likeness (QED) is 0.402. The van der Waals surface area contributed by atoms with Crippen molar-refractivity contribution in [2.75, 3.05) is 6.61 Å². The Labute approximate surface area is 184 Å². The summed E-state index contributed by atoms with van der Waals surface area (Å²) in [6.45, 7) is 4.49. The summed E-state index contributed by atoms with van der Waals surface area (Å²) in [5, 5.41) is -0.0815. The Balaban J connectivity index is 2.36. The van der Waals surface area contributed by atoms with E-state index in [-0.39, 0.29) is 17.6 Å². The smallest absolute Gasteiger partial charge is 0.303 e. The summed E-state index contributed by atoms with van der Waals surface area (Å²) in [6.07, 6.45) is -2.05. The summed E-state index contributed by atoms with van der Waals surface area (Å²) in [4.78, 5) is 58.5. The molecule has 1 aliphatic carbocycles. The van der Waals surface area contributed by atoms with Crippen LogP contribution in [0, 0.1) is 0 Å². The highest BCUT2D eigenvalue weighted by Crippen LogP contribution is 2.39. The summed E-state index contributed by atoms with van der Waals surface area (Å²) in [5.74, 6) is -2.43. The normalized spacial score (nSPS) is 30.8. The molecule has 10 nitrogen and oxygen atoms in total. The zero-order valence-corrected chi connectivity index (χ0v) is 18.8. The van der Waals surface area contributed by atoms with Gasteiger partial charge in [0.2, 0.25) is 0 Å². The molecule has 0 aromatic heterocycles. The highest BCUT2D eigenvalue weighted by Gasteiger charge is 2.52. The summed E-state index contributed by atoms with van der Waals surface area (Å²) < 4.78 is 27.3. The van der Waals surface area contributed by atoms with Crippen molar-refractivity contribution in [1.29, 1.82) is 0 Å². The number of hydrogen-bond donors (Lipinski definition) is 0. The molecule has 0 aromatic rings. The highest BCUT2D eigenvalue weighted by molar-refractivity contribution is 8.00. The van der Waals surface area contributed by atoms with Crippen molar-refractivity contribution in [2.45, 2.75) is 88.5 Å². The number of carbonyl (C=O) groups is 5. The number of thioether (sulfide) groups is 1. The largest absolute Gasteiger partial charge is 0.463 e. The molecule has 6 atom stereocenters. The van der Waals surface area contributed by atoms with Gasteiger partial charge in [-0.25, -0.2) is 0 Å². The minimum Gasteiger partial charge on any atom is -0.463 e. The van der Waals surface area contributed by atoms with E-state index in [2.05, 4.69) is 0 Å². The van der Waals surface area contributed by atoms with Gasteiger partial charge >= 0.3 is 23.9 Å². The number of hydrogen-bond acceptors (Lipinski definition) is 11. The highest BCUT2D eigenvalue weighted by atomic mass is 32.2. The Hall–Kier alpha value is -2.14. The zero-order valence-electron chi connectivity index (χ0n) is 18.0. The zero-order chi connectivity index (χ0) is 23.1. The molecule has 0 aromatic carbocycles. The van der Waals surface area contributed by atoms with Crippen molar-refractivity contribution < 1.29 is 47.7 Å². The van der Waals surface area contributed by atoms with Gasteiger partial charge in [0, 0.05) is 45.8 Å². The van der Waals surface area contributed by atoms with Crippen LogP contribution < -0.4 is 0 Å². The van der Waals surface area contributed by atoms with E-state index in [1.165, 1.54) is 39.5 Å². The molecule has 1 saturated heterocycles. The van der Waals surface area contributed by atoms with Gasteiger partial charge < -0.3 is 23.7 Å². The molecule has 31 heavy (non-hydrogen) atoms. The van der Waals surface area contributed by atoms with Gasteiger partial charge in [-0.3, -0.25) is 24.0 Å². The Morgan fingerprint density at radius 1 is 0.903 bits per heavy atom. The lowest BCUT2D eigenvalue weighted by Gasteiger charge is -2.45. The second kappa shape index (κ2) is 11.5. The third-order valence-corrected chi connectivity index (χ3v) is 6.15. The molecule has 11 heteroatoms. The Morgan fingerprint density at radius 2 is 1.48 bits per heavy atom. The van der Waals surface area contributed by atoms with Gasteiger partial charge in [0.15, 0.2) is 18.3 Å². The lowest BCUT2D eigenvalue weighted by Crippen LogP contribution is -2.61. The number of rotatable bonds is 7. The first-order valence-corrected chi connectivity index (χ1v) is 11.0. The topological polar surface area (TPSA) is 132 Å². The van der Waals surface area contributed by atoms with Gasteiger partial charge in [0.05, 0.1) is 0 Å². The van der Waals surface area contributed by atoms with Gasteiger partial charge in [-0.05, 0) is 12.8 Å². The molecule has 0 amide bonds. The van der Waals surface area contributed by atoms with Gasteiger partial charge in [0.1, 0.15) is 23.9 Å². The van der Waals surface area contributed by atoms with Crippen LogP contribution in [-0.2, 0) is 47.7 Å². The van der Waals surface area contributed by atoms with Crippen LogP contribution in [0.5, 0.6) is 0 Å². The Bertz CT molecular complexity index is 708. The van der Waals surface area contributed by atoms with Crippen molar-refractivity contribution in [1.82, 2.24) is 0 Å². The molecular formula is C20H28O10S. The van der Waals surface area contributed by atoms with Gasteiger partial charge in [-0.1, -0.05) is 0 Å². The maximum absolute atomic E-state index is 11.9. The predicted molar refractivity (Wildman–Crippen MR) is 107 cm³/mol. The molecule has 1 unspecified atom stereocenters. The van der Waals surface area contributed by atoms with Gasteiger partial charge in [-0.15, -0.1) is 11.8 Å². The van der Waals surface area contributed by atoms with E-state index in [0.717, 1.165) is 12.8 Å². The number of ether oxygens (including phenoxy) is 5. The van der Waals surface area contributed by atoms with Crippen LogP contribution in [0.1, 0.15) is 53.4 Å². The summed E-state index contributed by atoms with van der Waals surface area (Å²) in [5.41, 5.74) is -0.837. The molecule has 1 aliphatic heterocycles. The van der Waals surface area contributed by atoms with Crippen LogP contribution in [0.15, 0.2) is 0 Å². The third-order valence-electron chi connectivity index (χ3n) is 4.71. The first kappa shape index (κ1) is 25.1. The number of Topliss-reactive ketones (excluding diaryl/α,β-unsaturated/α-hetero) is 1. The van der Waals surface area contributed by atoms with Gasteiger partial charge in [-0.2, -0.15) is 0 Å². The van der Waals surface area contributed by atoms with Gasteiger partial charge in [0.25, 0.3) is 0 Å². The summed E-state index contributed by atoms with van der Waals surface area (Å²) in [6, 6.07) is 0. The maximum atomic E-state index is 11.9. The van der Waals surface area contributed by atoms with E-state index < -0.39 is 53.7 Å². The van der Waals surface area contributed by atoms with Crippen LogP contribution in [-0.4, -0.2) is 71.4 Å². The number of esters is 4. The fourth-order valence-corrected chi connectivity index (χ4v) is 5.13. The van der Waals surface area contributed by atoms with Crippen LogP contribution >= 0.6 is 11.8 Å². The maximum Gasteiger partial charge on any atom is 0.303 e. The van der Waals surface area contributed by atoms with Crippen LogP contribution in [0.2, 0.25) is 0 Å². The van der Waals surface area contributed by atoms with Crippen LogP contribution in [0.3, 0.4) is 0 Å². The predicted octanol–water partition coefficient (Wildman–Crippen LogP) is 1.31. The molecule has 2 aliphatic rings. The second-order valence-corrected chi connectivity index (χ2v) is 8.86. The summed E-state index contributed by atoms with van der Waals surface area (Å²) >= 11 is 1.29. The molecule has 0 N–H and O–H groups in total. The molecule has 1 saturated carbocycles. The van der Waals surface area contributed by atoms with E-state index in [1.54, 1.807) is 0 Å². The molecule has 2 rings (SSSR count). The van der Waals surface area contributed by atoms with E-state index in [0.29, 0.717) is 12.8 Å². The van der Waals surface area contributed by atoms with Crippen LogP contribution in [0.4, 0.5) is 0 Å².